The maximum absolute atomic E-state index is 5.74. The SMILES string of the molecule is CC1CN(CCC2CNCCO2)CC1N(C)C. The van der Waals surface area contributed by atoms with Gasteiger partial charge >= 0.3 is 0 Å². The minimum absolute atomic E-state index is 0.428. The van der Waals surface area contributed by atoms with E-state index in [0.717, 1.165) is 31.7 Å². The van der Waals surface area contributed by atoms with E-state index in [0.29, 0.717) is 6.10 Å². The summed E-state index contributed by atoms with van der Waals surface area (Å²) < 4.78 is 5.74. The van der Waals surface area contributed by atoms with Crippen LogP contribution in [0.3, 0.4) is 0 Å². The smallest absolute Gasteiger partial charge is 0.0712 e. The fourth-order valence-corrected chi connectivity index (χ4v) is 3.03. The molecule has 2 aliphatic rings. The van der Waals surface area contributed by atoms with E-state index in [4.69, 9.17) is 4.74 Å². The van der Waals surface area contributed by atoms with Crippen LogP contribution in [0.4, 0.5) is 0 Å². The Morgan fingerprint density at radius 3 is 2.76 bits per heavy atom. The predicted molar refractivity (Wildman–Crippen MR) is 70.3 cm³/mol. The quantitative estimate of drug-likeness (QED) is 0.763. The van der Waals surface area contributed by atoms with Crippen molar-refractivity contribution in [2.24, 2.45) is 5.92 Å². The first-order chi connectivity index (χ1) is 8.16. The zero-order valence-electron chi connectivity index (χ0n) is 11.5. The molecule has 0 aliphatic carbocycles. The Hall–Kier alpha value is -0.160. The van der Waals surface area contributed by atoms with Gasteiger partial charge < -0.3 is 19.9 Å². The Morgan fingerprint density at radius 2 is 2.18 bits per heavy atom. The molecule has 0 aromatic heterocycles. The lowest BCUT2D eigenvalue weighted by Crippen LogP contribution is -2.40. The Morgan fingerprint density at radius 1 is 1.35 bits per heavy atom. The third kappa shape index (κ3) is 3.65. The minimum atomic E-state index is 0.428. The average Bonchev–Trinajstić information content (AvgIpc) is 2.69. The van der Waals surface area contributed by atoms with Gasteiger partial charge in [0.2, 0.25) is 0 Å². The molecule has 1 N–H and O–H groups in total. The van der Waals surface area contributed by atoms with Crippen molar-refractivity contribution < 1.29 is 4.74 Å². The van der Waals surface area contributed by atoms with Crippen LogP contribution in [-0.4, -0.2) is 75.4 Å². The number of nitrogens with zero attached hydrogens (tertiary/aromatic N) is 2. The Labute approximate surface area is 105 Å². The highest BCUT2D eigenvalue weighted by Gasteiger charge is 2.30. The second-order valence-corrected chi connectivity index (χ2v) is 5.75. The largest absolute Gasteiger partial charge is 0.376 e. The Kier molecular flexibility index (Phi) is 4.79. The van der Waals surface area contributed by atoms with E-state index in [1.807, 2.05) is 0 Å². The molecule has 2 saturated heterocycles. The van der Waals surface area contributed by atoms with Crippen LogP contribution in [-0.2, 0) is 4.74 Å². The van der Waals surface area contributed by atoms with Crippen molar-refractivity contribution in [2.45, 2.75) is 25.5 Å². The first-order valence-electron chi connectivity index (χ1n) is 6.88. The first kappa shape index (κ1) is 13.3. The van der Waals surface area contributed by atoms with Gasteiger partial charge in [0.1, 0.15) is 0 Å². The molecule has 100 valence electrons. The lowest BCUT2D eigenvalue weighted by molar-refractivity contribution is 0.0183. The van der Waals surface area contributed by atoms with Crippen LogP contribution in [0.15, 0.2) is 0 Å². The molecule has 0 bridgehead atoms. The van der Waals surface area contributed by atoms with Crippen molar-refractivity contribution in [1.29, 1.82) is 0 Å². The predicted octanol–water partition coefficient (Wildman–Crippen LogP) is 0.247. The topological polar surface area (TPSA) is 27.7 Å². The lowest BCUT2D eigenvalue weighted by atomic mass is 10.1. The van der Waals surface area contributed by atoms with Gasteiger partial charge in [-0.3, -0.25) is 0 Å². The zero-order valence-corrected chi connectivity index (χ0v) is 11.5. The molecule has 0 aromatic carbocycles. The van der Waals surface area contributed by atoms with E-state index < -0.39 is 0 Å². The number of hydrogen-bond acceptors (Lipinski definition) is 4. The molecular formula is C13H27N3O. The van der Waals surface area contributed by atoms with Crippen molar-refractivity contribution in [3.05, 3.63) is 0 Å². The van der Waals surface area contributed by atoms with Crippen LogP contribution in [0.5, 0.6) is 0 Å². The molecule has 4 heteroatoms. The lowest BCUT2D eigenvalue weighted by Gasteiger charge is -2.26. The number of ether oxygens (including phenoxy) is 1. The van der Waals surface area contributed by atoms with Crippen molar-refractivity contribution in [3.8, 4) is 0 Å². The summed E-state index contributed by atoms with van der Waals surface area (Å²) in [7, 11) is 4.39. The normalized spacial score (nSPS) is 35.6. The molecule has 0 aromatic rings. The van der Waals surface area contributed by atoms with E-state index in [9.17, 15) is 0 Å². The molecule has 3 atom stereocenters. The van der Waals surface area contributed by atoms with E-state index in [-0.39, 0.29) is 0 Å². The molecule has 0 saturated carbocycles. The van der Waals surface area contributed by atoms with E-state index in [2.05, 4.69) is 36.1 Å². The minimum Gasteiger partial charge on any atom is -0.376 e. The molecule has 0 spiro atoms. The third-order valence-electron chi connectivity index (χ3n) is 4.08. The number of hydrogen-bond donors (Lipinski definition) is 1. The second kappa shape index (κ2) is 6.14. The van der Waals surface area contributed by atoms with Gasteiger partial charge in [-0.2, -0.15) is 0 Å². The molecule has 2 rings (SSSR count). The summed E-state index contributed by atoms with van der Waals surface area (Å²) >= 11 is 0. The van der Waals surface area contributed by atoms with E-state index in [1.54, 1.807) is 0 Å². The fourth-order valence-electron chi connectivity index (χ4n) is 3.03. The molecule has 0 radical (unpaired) electrons. The highest BCUT2D eigenvalue weighted by molar-refractivity contribution is 4.86. The number of likely N-dealkylation sites (N-methyl/N-ethyl adjacent to an activating group) is 1. The molecule has 2 fully saturated rings. The standard InChI is InChI=1S/C13H27N3O/c1-11-9-16(10-13(11)15(2)3)6-4-12-8-14-5-7-17-12/h11-14H,4-10H2,1-3H3. The average molecular weight is 241 g/mol. The van der Waals surface area contributed by atoms with Gasteiger partial charge in [-0.05, 0) is 26.4 Å². The van der Waals surface area contributed by atoms with Crippen LogP contribution < -0.4 is 5.32 Å². The highest BCUT2D eigenvalue weighted by atomic mass is 16.5. The molecular weight excluding hydrogens is 214 g/mol. The maximum Gasteiger partial charge on any atom is 0.0712 e. The summed E-state index contributed by atoms with van der Waals surface area (Å²) in [5.41, 5.74) is 0. The molecule has 2 aliphatic heterocycles. The van der Waals surface area contributed by atoms with Crippen molar-refractivity contribution >= 4 is 0 Å². The second-order valence-electron chi connectivity index (χ2n) is 5.75. The van der Waals surface area contributed by atoms with Gasteiger partial charge in [-0.1, -0.05) is 6.92 Å². The summed E-state index contributed by atoms with van der Waals surface area (Å²) in [6.07, 6.45) is 1.59. The van der Waals surface area contributed by atoms with Gasteiger partial charge in [0.05, 0.1) is 12.7 Å². The number of rotatable bonds is 4. The van der Waals surface area contributed by atoms with Gasteiger partial charge in [-0.15, -0.1) is 0 Å². The van der Waals surface area contributed by atoms with Crippen molar-refractivity contribution in [3.63, 3.8) is 0 Å². The van der Waals surface area contributed by atoms with Crippen molar-refractivity contribution in [2.75, 3.05) is 53.4 Å². The first-order valence-corrected chi connectivity index (χ1v) is 6.88. The van der Waals surface area contributed by atoms with Gasteiger partial charge in [0.25, 0.3) is 0 Å². The summed E-state index contributed by atoms with van der Waals surface area (Å²) in [5.74, 6) is 0.787. The summed E-state index contributed by atoms with van der Waals surface area (Å²) in [6, 6.07) is 0.723. The molecule has 3 unspecified atom stereocenters. The van der Waals surface area contributed by atoms with Gasteiger partial charge in [0.15, 0.2) is 0 Å². The third-order valence-corrected chi connectivity index (χ3v) is 4.08. The van der Waals surface area contributed by atoms with Crippen LogP contribution in [0.2, 0.25) is 0 Å². The van der Waals surface area contributed by atoms with Gasteiger partial charge in [-0.25, -0.2) is 0 Å². The summed E-state index contributed by atoms with van der Waals surface area (Å²) in [6.45, 7) is 8.92. The Balaban J connectivity index is 1.70. The van der Waals surface area contributed by atoms with Crippen LogP contribution in [0, 0.1) is 5.92 Å². The van der Waals surface area contributed by atoms with E-state index in [1.165, 1.54) is 26.1 Å². The molecule has 17 heavy (non-hydrogen) atoms. The zero-order chi connectivity index (χ0) is 12.3. The van der Waals surface area contributed by atoms with Gasteiger partial charge in [0, 0.05) is 38.8 Å². The fraction of sp³-hybridized carbons (Fsp3) is 1.00. The maximum atomic E-state index is 5.74. The molecule has 4 nitrogen and oxygen atoms in total. The van der Waals surface area contributed by atoms with Crippen LogP contribution in [0.25, 0.3) is 0 Å². The number of nitrogens with one attached hydrogen (secondary N) is 1. The van der Waals surface area contributed by atoms with Crippen LogP contribution >= 0.6 is 0 Å². The van der Waals surface area contributed by atoms with E-state index >= 15 is 0 Å². The monoisotopic (exact) mass is 241 g/mol. The molecule has 0 amide bonds. The summed E-state index contributed by atoms with van der Waals surface area (Å²) in [4.78, 5) is 4.95. The van der Waals surface area contributed by atoms with Crippen LogP contribution in [0.1, 0.15) is 13.3 Å². The number of morpholine rings is 1. The molecule has 2 heterocycles. The number of likely N-dealkylation sites (tertiary alicyclic amines) is 1. The summed E-state index contributed by atoms with van der Waals surface area (Å²) in [5, 5.41) is 3.39. The van der Waals surface area contributed by atoms with Crippen molar-refractivity contribution in [1.82, 2.24) is 15.1 Å². The Bertz CT molecular complexity index is 229. The highest BCUT2D eigenvalue weighted by Crippen LogP contribution is 2.20.